The molecule has 3 aliphatic rings. The number of halogens is 1. The molecule has 5 unspecified atom stereocenters. The maximum Gasteiger partial charge on any atom is 0.0166 e. The minimum Gasteiger partial charge on any atom is -0.0820 e. The van der Waals surface area contributed by atoms with Gasteiger partial charge in [-0.2, -0.15) is 0 Å². The van der Waals surface area contributed by atoms with Crippen LogP contribution in [-0.2, 0) is 0 Å². The van der Waals surface area contributed by atoms with Crippen LogP contribution >= 0.6 is 22.6 Å². The zero-order valence-electron chi connectivity index (χ0n) is 9.95. The summed E-state index contributed by atoms with van der Waals surface area (Å²) in [5, 5.41) is 0. The first kappa shape index (κ1) is 10.9. The standard InChI is InChI=1S/C14H23I/c1-3-12-11-6-10-5-9(13(10)7-11)4-8(2)14(12)15/h8-14H,3-7H2,1-2H3/t8?,9?,10?,11?,12-,13?,14+/m0/s1. The molecule has 0 aromatic carbocycles. The zero-order valence-corrected chi connectivity index (χ0v) is 12.1. The Bertz CT molecular complexity index is 250. The Balaban J connectivity index is 1.84. The van der Waals surface area contributed by atoms with E-state index >= 15 is 0 Å². The van der Waals surface area contributed by atoms with Crippen LogP contribution < -0.4 is 0 Å². The lowest BCUT2D eigenvalue weighted by Gasteiger charge is -2.44. The molecule has 0 aromatic heterocycles. The van der Waals surface area contributed by atoms with E-state index in [1.807, 2.05) is 0 Å². The van der Waals surface area contributed by atoms with Crippen LogP contribution in [0.15, 0.2) is 0 Å². The topological polar surface area (TPSA) is 0 Å². The molecule has 0 spiro atoms. The summed E-state index contributed by atoms with van der Waals surface area (Å²) in [4.78, 5) is 0. The third-order valence-corrected chi connectivity index (χ3v) is 7.85. The Morgan fingerprint density at radius 1 is 1.00 bits per heavy atom. The second kappa shape index (κ2) is 3.89. The van der Waals surface area contributed by atoms with Gasteiger partial charge in [-0.1, -0.05) is 42.9 Å². The number of hydrogen-bond acceptors (Lipinski definition) is 0. The summed E-state index contributed by atoms with van der Waals surface area (Å²) >= 11 is 2.77. The predicted octanol–water partition coefficient (Wildman–Crippen LogP) is 4.52. The van der Waals surface area contributed by atoms with E-state index in [2.05, 4.69) is 36.4 Å². The van der Waals surface area contributed by atoms with Crippen LogP contribution in [0.1, 0.15) is 46.0 Å². The van der Waals surface area contributed by atoms with E-state index in [-0.39, 0.29) is 0 Å². The quantitative estimate of drug-likeness (QED) is 0.493. The van der Waals surface area contributed by atoms with Crippen molar-refractivity contribution in [3.8, 4) is 0 Å². The van der Waals surface area contributed by atoms with Crippen LogP contribution in [0.2, 0.25) is 0 Å². The summed E-state index contributed by atoms with van der Waals surface area (Å²) in [6.45, 7) is 4.93. The summed E-state index contributed by atoms with van der Waals surface area (Å²) in [6, 6.07) is 0. The van der Waals surface area contributed by atoms with Crippen molar-refractivity contribution in [3.05, 3.63) is 0 Å². The smallest absolute Gasteiger partial charge is 0.0166 e. The molecule has 0 amide bonds. The van der Waals surface area contributed by atoms with Gasteiger partial charge in [-0.25, -0.2) is 0 Å². The Morgan fingerprint density at radius 3 is 2.40 bits per heavy atom. The first-order valence-electron chi connectivity index (χ1n) is 6.84. The second-order valence-electron chi connectivity index (χ2n) is 6.38. The SMILES string of the molecule is CC[C@H]1C2CC3CC(CC(C)[C@H]1I)C3C2. The molecule has 3 rings (SSSR count). The fourth-order valence-electron chi connectivity index (χ4n) is 4.89. The van der Waals surface area contributed by atoms with Gasteiger partial charge in [0.1, 0.15) is 0 Å². The van der Waals surface area contributed by atoms with Crippen LogP contribution in [0, 0.1) is 35.5 Å². The van der Waals surface area contributed by atoms with Crippen LogP contribution in [0.5, 0.6) is 0 Å². The Hall–Kier alpha value is 0.730. The fourth-order valence-corrected chi connectivity index (χ4v) is 6.28. The van der Waals surface area contributed by atoms with E-state index in [9.17, 15) is 0 Å². The molecule has 0 heterocycles. The third-order valence-electron chi connectivity index (χ3n) is 5.70. The molecule has 0 N–H and O–H groups in total. The first-order chi connectivity index (χ1) is 7.20. The lowest BCUT2D eigenvalue weighted by molar-refractivity contribution is 0.0745. The molecule has 2 bridgehead atoms. The molecular weight excluding hydrogens is 295 g/mol. The minimum atomic E-state index is 0.956. The summed E-state index contributed by atoms with van der Waals surface area (Å²) in [5.41, 5.74) is 0. The Labute approximate surface area is 108 Å². The van der Waals surface area contributed by atoms with Crippen molar-refractivity contribution in [2.24, 2.45) is 35.5 Å². The molecule has 1 heteroatoms. The highest BCUT2D eigenvalue weighted by molar-refractivity contribution is 14.1. The zero-order chi connectivity index (χ0) is 10.6. The molecule has 15 heavy (non-hydrogen) atoms. The lowest BCUT2D eigenvalue weighted by Crippen LogP contribution is -2.37. The van der Waals surface area contributed by atoms with Crippen molar-refractivity contribution in [3.63, 3.8) is 0 Å². The van der Waals surface area contributed by atoms with E-state index in [1.165, 1.54) is 12.8 Å². The largest absolute Gasteiger partial charge is 0.0820 e. The highest BCUT2D eigenvalue weighted by Crippen LogP contribution is 2.60. The molecule has 3 saturated carbocycles. The first-order valence-corrected chi connectivity index (χ1v) is 8.09. The summed E-state index contributed by atoms with van der Waals surface area (Å²) in [5.74, 6) is 6.56. The van der Waals surface area contributed by atoms with E-state index in [4.69, 9.17) is 0 Å². The van der Waals surface area contributed by atoms with Crippen LogP contribution in [0.25, 0.3) is 0 Å². The maximum atomic E-state index is 2.77. The van der Waals surface area contributed by atoms with Gasteiger partial charge < -0.3 is 0 Å². The number of alkyl halides is 1. The Morgan fingerprint density at radius 2 is 1.67 bits per heavy atom. The average molecular weight is 318 g/mol. The number of rotatable bonds is 1. The van der Waals surface area contributed by atoms with Gasteiger partial charge >= 0.3 is 0 Å². The normalized spacial score (nSPS) is 58.2. The molecule has 7 atom stereocenters. The second-order valence-corrected chi connectivity index (χ2v) is 7.82. The monoisotopic (exact) mass is 318 g/mol. The van der Waals surface area contributed by atoms with Gasteiger partial charge in [-0.05, 0) is 61.2 Å². The van der Waals surface area contributed by atoms with Crippen LogP contribution in [0.3, 0.4) is 0 Å². The van der Waals surface area contributed by atoms with Gasteiger partial charge in [0.05, 0.1) is 0 Å². The number of hydrogen-bond donors (Lipinski definition) is 0. The molecule has 0 nitrogen and oxygen atoms in total. The number of fused-ring (bicyclic) bond motifs is 1. The van der Waals surface area contributed by atoms with Crippen molar-refractivity contribution >= 4 is 22.6 Å². The van der Waals surface area contributed by atoms with Crippen molar-refractivity contribution in [1.29, 1.82) is 0 Å². The van der Waals surface area contributed by atoms with Gasteiger partial charge in [0.15, 0.2) is 0 Å². The van der Waals surface area contributed by atoms with Crippen molar-refractivity contribution in [1.82, 2.24) is 0 Å². The molecule has 0 radical (unpaired) electrons. The van der Waals surface area contributed by atoms with Gasteiger partial charge in [0.25, 0.3) is 0 Å². The maximum absolute atomic E-state index is 2.77. The molecule has 3 aliphatic carbocycles. The highest BCUT2D eigenvalue weighted by atomic mass is 127. The molecule has 0 aliphatic heterocycles. The van der Waals surface area contributed by atoms with Gasteiger partial charge in [0, 0.05) is 3.92 Å². The third kappa shape index (κ3) is 1.59. The lowest BCUT2D eigenvalue weighted by atomic mass is 9.63. The Kier molecular flexibility index (Phi) is 2.81. The van der Waals surface area contributed by atoms with Gasteiger partial charge in [-0.15, -0.1) is 0 Å². The van der Waals surface area contributed by atoms with Crippen molar-refractivity contribution in [2.75, 3.05) is 0 Å². The van der Waals surface area contributed by atoms with E-state index in [0.29, 0.717) is 0 Å². The summed E-state index contributed by atoms with van der Waals surface area (Å²) in [6.07, 6.45) is 7.74. The summed E-state index contributed by atoms with van der Waals surface area (Å²) < 4.78 is 0.956. The van der Waals surface area contributed by atoms with E-state index in [1.54, 1.807) is 19.3 Å². The van der Waals surface area contributed by atoms with Crippen LogP contribution in [-0.4, -0.2) is 3.92 Å². The molecule has 3 fully saturated rings. The average Bonchev–Trinajstić information content (AvgIpc) is 2.55. The summed E-state index contributed by atoms with van der Waals surface area (Å²) in [7, 11) is 0. The minimum absolute atomic E-state index is 0.956. The molecular formula is C14H23I. The van der Waals surface area contributed by atoms with Gasteiger partial charge in [0.2, 0.25) is 0 Å². The molecule has 86 valence electrons. The molecule has 0 saturated heterocycles. The van der Waals surface area contributed by atoms with Gasteiger partial charge in [-0.3, -0.25) is 0 Å². The van der Waals surface area contributed by atoms with Crippen molar-refractivity contribution < 1.29 is 0 Å². The van der Waals surface area contributed by atoms with E-state index in [0.717, 1.165) is 39.4 Å². The van der Waals surface area contributed by atoms with Crippen molar-refractivity contribution in [2.45, 2.75) is 49.9 Å². The fraction of sp³-hybridized carbons (Fsp3) is 1.00. The molecule has 0 aromatic rings. The highest BCUT2D eigenvalue weighted by Gasteiger charge is 2.52. The predicted molar refractivity (Wildman–Crippen MR) is 73.2 cm³/mol. The van der Waals surface area contributed by atoms with E-state index < -0.39 is 0 Å². The van der Waals surface area contributed by atoms with Crippen LogP contribution in [0.4, 0.5) is 0 Å².